The highest BCUT2D eigenvalue weighted by Crippen LogP contribution is 2.18. The van der Waals surface area contributed by atoms with Gasteiger partial charge in [-0.2, -0.15) is 0 Å². The predicted molar refractivity (Wildman–Crippen MR) is 92.3 cm³/mol. The first-order valence-corrected chi connectivity index (χ1v) is 7.50. The minimum atomic E-state index is -0.163. The molecule has 0 bridgehead atoms. The number of nitrogens with one attached hydrogen (secondary N) is 1. The van der Waals surface area contributed by atoms with Crippen LogP contribution in [-0.2, 0) is 0 Å². The molecule has 120 valence electrons. The minimum absolute atomic E-state index is 0.163. The third kappa shape index (κ3) is 5.18. The fraction of sp³-hybridized carbons (Fsp3) is 0.211. The number of benzene rings is 2. The molecule has 23 heavy (non-hydrogen) atoms. The molecule has 4 nitrogen and oxygen atoms in total. The van der Waals surface area contributed by atoms with Crippen molar-refractivity contribution in [2.45, 2.75) is 13.8 Å². The van der Waals surface area contributed by atoms with Crippen LogP contribution in [0, 0.1) is 0 Å². The van der Waals surface area contributed by atoms with Crippen molar-refractivity contribution in [1.29, 1.82) is 0 Å². The summed E-state index contributed by atoms with van der Waals surface area (Å²) in [6.45, 7) is 8.70. The maximum absolute atomic E-state index is 12.2. The summed E-state index contributed by atoms with van der Waals surface area (Å²) in [5.74, 6) is 1.33. The van der Waals surface area contributed by atoms with Crippen LogP contribution in [0.15, 0.2) is 60.7 Å². The summed E-state index contributed by atoms with van der Waals surface area (Å²) < 4.78 is 10.9. The molecule has 0 saturated heterocycles. The fourth-order valence-corrected chi connectivity index (χ4v) is 1.91. The molecule has 0 atom stereocenters. The summed E-state index contributed by atoms with van der Waals surface area (Å²) in [7, 11) is 0. The van der Waals surface area contributed by atoms with Gasteiger partial charge in [0.2, 0.25) is 0 Å². The quantitative estimate of drug-likeness (QED) is 0.776. The highest BCUT2D eigenvalue weighted by atomic mass is 16.5. The second-order valence-electron chi connectivity index (χ2n) is 5.18. The third-order valence-corrected chi connectivity index (χ3v) is 3.02. The number of ether oxygens (including phenoxy) is 2. The Morgan fingerprint density at radius 1 is 1.00 bits per heavy atom. The first kappa shape index (κ1) is 16.6. The molecule has 0 heterocycles. The highest BCUT2D eigenvalue weighted by Gasteiger charge is 2.06. The number of amides is 1. The van der Waals surface area contributed by atoms with Gasteiger partial charge < -0.3 is 14.8 Å². The molecule has 0 aliphatic carbocycles. The smallest absolute Gasteiger partial charge is 0.255 e. The zero-order valence-electron chi connectivity index (χ0n) is 13.5. The van der Waals surface area contributed by atoms with Gasteiger partial charge in [0.1, 0.15) is 18.1 Å². The van der Waals surface area contributed by atoms with Gasteiger partial charge >= 0.3 is 0 Å². The Hall–Kier alpha value is -2.75. The van der Waals surface area contributed by atoms with Crippen LogP contribution in [0.4, 0.5) is 5.69 Å². The molecule has 0 saturated carbocycles. The van der Waals surface area contributed by atoms with Crippen molar-refractivity contribution in [2.24, 2.45) is 0 Å². The van der Waals surface area contributed by atoms with Crippen LogP contribution < -0.4 is 14.8 Å². The molecule has 2 aromatic carbocycles. The van der Waals surface area contributed by atoms with Gasteiger partial charge in [-0.3, -0.25) is 4.79 Å². The van der Waals surface area contributed by atoms with Gasteiger partial charge in [0.25, 0.3) is 5.91 Å². The van der Waals surface area contributed by atoms with Crippen molar-refractivity contribution in [3.8, 4) is 11.5 Å². The highest BCUT2D eigenvalue weighted by molar-refractivity contribution is 6.04. The van der Waals surface area contributed by atoms with Gasteiger partial charge in [-0.25, -0.2) is 0 Å². The van der Waals surface area contributed by atoms with E-state index in [1.54, 1.807) is 36.4 Å². The topological polar surface area (TPSA) is 47.6 Å². The standard InChI is InChI=1S/C19H21NO3/c1-4-22-17-9-5-15(6-10-17)19(21)20-16-7-11-18(12-8-16)23-13-14(2)3/h5-12H,2,4,13H2,1,3H3,(H,20,21). The van der Waals surface area contributed by atoms with Gasteiger partial charge in [-0.15, -0.1) is 0 Å². The summed E-state index contributed by atoms with van der Waals surface area (Å²) in [4.78, 5) is 12.2. The summed E-state index contributed by atoms with van der Waals surface area (Å²) >= 11 is 0. The molecule has 0 unspecified atom stereocenters. The number of hydrogen-bond donors (Lipinski definition) is 1. The van der Waals surface area contributed by atoms with E-state index in [1.165, 1.54) is 0 Å². The maximum Gasteiger partial charge on any atom is 0.255 e. The van der Waals surface area contributed by atoms with Crippen molar-refractivity contribution in [2.75, 3.05) is 18.5 Å². The van der Waals surface area contributed by atoms with E-state index < -0.39 is 0 Å². The molecule has 2 aromatic rings. The zero-order chi connectivity index (χ0) is 16.7. The zero-order valence-corrected chi connectivity index (χ0v) is 13.5. The van der Waals surface area contributed by atoms with E-state index in [2.05, 4.69) is 11.9 Å². The first-order valence-electron chi connectivity index (χ1n) is 7.50. The number of carbonyl (C=O) groups is 1. The molecule has 2 rings (SSSR count). The summed E-state index contributed by atoms with van der Waals surface area (Å²) in [5.41, 5.74) is 2.25. The Morgan fingerprint density at radius 3 is 2.13 bits per heavy atom. The lowest BCUT2D eigenvalue weighted by atomic mass is 10.2. The molecule has 1 N–H and O–H groups in total. The number of carbonyl (C=O) groups excluding carboxylic acids is 1. The van der Waals surface area contributed by atoms with E-state index in [4.69, 9.17) is 9.47 Å². The normalized spacial score (nSPS) is 10.0. The summed E-state index contributed by atoms with van der Waals surface area (Å²) in [6.07, 6.45) is 0. The SMILES string of the molecule is C=C(C)COc1ccc(NC(=O)c2ccc(OCC)cc2)cc1. The Balaban J connectivity index is 1.95. The van der Waals surface area contributed by atoms with Crippen LogP contribution >= 0.6 is 0 Å². The van der Waals surface area contributed by atoms with Crippen molar-refractivity contribution >= 4 is 11.6 Å². The van der Waals surface area contributed by atoms with E-state index in [1.807, 2.05) is 26.0 Å². The minimum Gasteiger partial charge on any atom is -0.494 e. The van der Waals surface area contributed by atoms with Crippen molar-refractivity contribution in [3.05, 3.63) is 66.2 Å². The second kappa shape index (κ2) is 8.03. The van der Waals surface area contributed by atoms with Crippen LogP contribution in [0.1, 0.15) is 24.2 Å². The number of rotatable bonds is 7. The third-order valence-electron chi connectivity index (χ3n) is 3.02. The molecule has 0 spiro atoms. The van der Waals surface area contributed by atoms with Crippen molar-refractivity contribution in [3.63, 3.8) is 0 Å². The average Bonchev–Trinajstić information content (AvgIpc) is 2.55. The average molecular weight is 311 g/mol. The van der Waals surface area contributed by atoms with Gasteiger partial charge in [0.05, 0.1) is 6.61 Å². The van der Waals surface area contributed by atoms with E-state index in [0.717, 1.165) is 17.1 Å². The lowest BCUT2D eigenvalue weighted by Gasteiger charge is -2.09. The Morgan fingerprint density at radius 2 is 1.57 bits per heavy atom. The first-order chi connectivity index (χ1) is 11.1. The van der Waals surface area contributed by atoms with Gasteiger partial charge in [-0.1, -0.05) is 6.58 Å². The Bertz CT molecular complexity index is 660. The van der Waals surface area contributed by atoms with Gasteiger partial charge in [-0.05, 0) is 68.0 Å². The van der Waals surface area contributed by atoms with Gasteiger partial charge in [0.15, 0.2) is 0 Å². The molecule has 0 aliphatic heterocycles. The van der Waals surface area contributed by atoms with Crippen LogP contribution in [0.2, 0.25) is 0 Å². The predicted octanol–water partition coefficient (Wildman–Crippen LogP) is 4.29. The lowest BCUT2D eigenvalue weighted by molar-refractivity contribution is 0.102. The van der Waals surface area contributed by atoms with Gasteiger partial charge in [0, 0.05) is 11.3 Å². The molecule has 0 fully saturated rings. The van der Waals surface area contributed by atoms with Crippen LogP contribution in [0.3, 0.4) is 0 Å². The maximum atomic E-state index is 12.2. The van der Waals surface area contributed by atoms with E-state index in [9.17, 15) is 4.79 Å². The lowest BCUT2D eigenvalue weighted by Crippen LogP contribution is -2.11. The molecule has 4 heteroatoms. The molecule has 0 radical (unpaired) electrons. The number of hydrogen-bond acceptors (Lipinski definition) is 3. The molecular formula is C19H21NO3. The van der Waals surface area contributed by atoms with Crippen molar-refractivity contribution < 1.29 is 14.3 Å². The molecule has 1 amide bonds. The van der Waals surface area contributed by atoms with Crippen LogP contribution in [0.5, 0.6) is 11.5 Å². The monoisotopic (exact) mass is 311 g/mol. The van der Waals surface area contributed by atoms with E-state index in [0.29, 0.717) is 24.5 Å². The number of anilines is 1. The molecular weight excluding hydrogens is 290 g/mol. The van der Waals surface area contributed by atoms with Crippen molar-refractivity contribution in [1.82, 2.24) is 0 Å². The Labute approximate surface area is 136 Å². The summed E-state index contributed by atoms with van der Waals surface area (Å²) in [6, 6.07) is 14.3. The van der Waals surface area contributed by atoms with Crippen LogP contribution in [0.25, 0.3) is 0 Å². The largest absolute Gasteiger partial charge is 0.494 e. The second-order valence-corrected chi connectivity index (χ2v) is 5.18. The molecule has 0 aliphatic rings. The van der Waals surface area contributed by atoms with E-state index >= 15 is 0 Å². The molecule has 0 aromatic heterocycles. The van der Waals surface area contributed by atoms with Crippen LogP contribution in [-0.4, -0.2) is 19.1 Å². The summed E-state index contributed by atoms with van der Waals surface area (Å²) in [5, 5.41) is 2.85. The van der Waals surface area contributed by atoms with E-state index in [-0.39, 0.29) is 5.91 Å². The fourth-order valence-electron chi connectivity index (χ4n) is 1.91. The Kier molecular flexibility index (Phi) is 5.80.